The van der Waals surface area contributed by atoms with E-state index in [9.17, 15) is 22.8 Å². The van der Waals surface area contributed by atoms with E-state index in [4.69, 9.17) is 5.73 Å². The third kappa shape index (κ3) is 6.62. The molecule has 2 aromatic carbocycles. The van der Waals surface area contributed by atoms with Gasteiger partial charge in [-0.3, -0.25) is 9.59 Å². The molecule has 0 fully saturated rings. The first-order chi connectivity index (χ1) is 13.4. The smallest absolute Gasteiger partial charge is 0.368 e. The lowest BCUT2D eigenvalue weighted by Gasteiger charge is -2.20. The van der Waals surface area contributed by atoms with Crippen LogP contribution in [-0.2, 0) is 34.0 Å². The van der Waals surface area contributed by atoms with E-state index in [0.717, 1.165) is 23.3 Å². The fraction of sp³-hybridized carbons (Fsp3) is 0.364. The lowest BCUT2D eigenvalue weighted by atomic mass is 9.86. The van der Waals surface area contributed by atoms with Gasteiger partial charge in [0.15, 0.2) is 0 Å². The van der Waals surface area contributed by atoms with Crippen molar-refractivity contribution < 1.29 is 22.8 Å². The summed E-state index contributed by atoms with van der Waals surface area (Å²) in [6, 6.07) is 11.1. The van der Waals surface area contributed by atoms with Crippen LogP contribution in [0.1, 0.15) is 43.0 Å². The van der Waals surface area contributed by atoms with Crippen LogP contribution in [0.5, 0.6) is 0 Å². The van der Waals surface area contributed by atoms with Gasteiger partial charge in [0.25, 0.3) is 0 Å². The topological polar surface area (TPSA) is 72.2 Å². The number of carbonyl (C=O) groups excluding carboxylic acids is 2. The molecule has 7 heteroatoms. The van der Waals surface area contributed by atoms with E-state index in [1.54, 1.807) is 0 Å². The van der Waals surface area contributed by atoms with Gasteiger partial charge in [0.05, 0.1) is 12.0 Å². The van der Waals surface area contributed by atoms with Gasteiger partial charge in [0.2, 0.25) is 11.8 Å². The SMILES string of the molecule is CC(C)(C)c1ccc(C[C@@H](NC(=O)Cc2ccc(C(F)(F)F)cc2)C(N)=O)cc1. The molecule has 0 unspecified atom stereocenters. The zero-order valence-electron chi connectivity index (χ0n) is 16.6. The van der Waals surface area contributed by atoms with Crippen LogP contribution in [0.25, 0.3) is 0 Å². The molecule has 0 saturated heterocycles. The van der Waals surface area contributed by atoms with Gasteiger partial charge >= 0.3 is 6.18 Å². The molecule has 0 heterocycles. The van der Waals surface area contributed by atoms with Crippen LogP contribution < -0.4 is 11.1 Å². The molecular weight excluding hydrogens is 381 g/mol. The van der Waals surface area contributed by atoms with Crippen molar-refractivity contribution >= 4 is 11.8 Å². The highest BCUT2D eigenvalue weighted by Crippen LogP contribution is 2.29. The summed E-state index contributed by atoms with van der Waals surface area (Å²) in [4.78, 5) is 24.0. The Labute approximate surface area is 168 Å². The van der Waals surface area contributed by atoms with Gasteiger partial charge in [0, 0.05) is 6.42 Å². The van der Waals surface area contributed by atoms with Crippen molar-refractivity contribution in [2.24, 2.45) is 5.73 Å². The average molecular weight is 406 g/mol. The summed E-state index contributed by atoms with van der Waals surface area (Å²) in [5, 5.41) is 2.57. The van der Waals surface area contributed by atoms with Gasteiger partial charge < -0.3 is 11.1 Å². The Morgan fingerprint density at radius 3 is 1.83 bits per heavy atom. The van der Waals surface area contributed by atoms with Gasteiger partial charge in [-0.05, 0) is 34.2 Å². The molecule has 0 aliphatic carbocycles. The van der Waals surface area contributed by atoms with Crippen molar-refractivity contribution in [3.05, 3.63) is 70.8 Å². The van der Waals surface area contributed by atoms with Crippen molar-refractivity contribution in [2.45, 2.75) is 51.2 Å². The van der Waals surface area contributed by atoms with Crippen LogP contribution in [0.3, 0.4) is 0 Å². The largest absolute Gasteiger partial charge is 0.416 e. The second-order valence-electron chi connectivity index (χ2n) is 8.04. The van der Waals surface area contributed by atoms with Crippen molar-refractivity contribution in [1.82, 2.24) is 5.32 Å². The normalized spacial score (nSPS) is 13.0. The maximum atomic E-state index is 12.6. The molecule has 2 aromatic rings. The number of hydrogen-bond donors (Lipinski definition) is 2. The van der Waals surface area contributed by atoms with E-state index in [1.807, 2.05) is 24.3 Å². The summed E-state index contributed by atoms with van der Waals surface area (Å²) in [5.74, 6) is -1.16. The molecule has 0 radical (unpaired) electrons. The Morgan fingerprint density at radius 1 is 0.897 bits per heavy atom. The summed E-state index contributed by atoms with van der Waals surface area (Å²) < 4.78 is 37.8. The summed E-state index contributed by atoms with van der Waals surface area (Å²) in [7, 11) is 0. The molecule has 0 saturated carbocycles. The average Bonchev–Trinajstić information content (AvgIpc) is 2.60. The number of rotatable bonds is 6. The predicted molar refractivity (Wildman–Crippen MR) is 105 cm³/mol. The number of nitrogens with one attached hydrogen (secondary N) is 1. The second-order valence-corrected chi connectivity index (χ2v) is 8.04. The molecule has 0 bridgehead atoms. The molecule has 0 aliphatic rings. The molecule has 0 aliphatic heterocycles. The minimum atomic E-state index is -4.43. The molecule has 2 rings (SSSR count). The first kappa shape index (κ1) is 22.5. The molecule has 3 N–H and O–H groups in total. The van der Waals surface area contributed by atoms with Crippen molar-refractivity contribution in [2.75, 3.05) is 0 Å². The molecule has 156 valence electrons. The summed E-state index contributed by atoms with van der Waals surface area (Å²) in [6.07, 6.45) is -4.34. The minimum absolute atomic E-state index is 0.00248. The lowest BCUT2D eigenvalue weighted by molar-refractivity contribution is -0.137. The standard InChI is InChI=1S/C22H25F3N2O2/c1-21(2,3)16-8-4-14(5-9-16)12-18(20(26)29)27-19(28)13-15-6-10-17(11-7-15)22(23,24)25/h4-11,18H,12-13H2,1-3H3,(H2,26,29)(H,27,28)/t18-/m1/s1. The molecule has 29 heavy (non-hydrogen) atoms. The summed E-state index contributed by atoms with van der Waals surface area (Å²) in [5.41, 5.74) is 7.03. The fourth-order valence-electron chi connectivity index (χ4n) is 2.84. The van der Waals surface area contributed by atoms with Crippen LogP contribution in [-0.4, -0.2) is 17.9 Å². The Bertz CT molecular complexity index is 852. The Balaban J connectivity index is 2.01. The minimum Gasteiger partial charge on any atom is -0.368 e. The number of hydrogen-bond acceptors (Lipinski definition) is 2. The molecule has 1 atom stereocenters. The van der Waals surface area contributed by atoms with Crippen molar-refractivity contribution in [3.8, 4) is 0 Å². The van der Waals surface area contributed by atoms with Crippen LogP contribution >= 0.6 is 0 Å². The highest BCUT2D eigenvalue weighted by Gasteiger charge is 2.30. The van der Waals surface area contributed by atoms with Crippen molar-refractivity contribution in [3.63, 3.8) is 0 Å². The highest BCUT2D eigenvalue weighted by molar-refractivity contribution is 5.87. The quantitative estimate of drug-likeness (QED) is 0.767. The molecule has 0 aromatic heterocycles. The molecule has 0 spiro atoms. The maximum absolute atomic E-state index is 12.6. The number of alkyl halides is 3. The van der Waals surface area contributed by atoms with Crippen LogP contribution in [0, 0.1) is 0 Å². The van der Waals surface area contributed by atoms with Gasteiger partial charge in [-0.25, -0.2) is 0 Å². The monoisotopic (exact) mass is 406 g/mol. The van der Waals surface area contributed by atoms with Gasteiger partial charge in [-0.15, -0.1) is 0 Å². The van der Waals surface area contributed by atoms with E-state index in [1.165, 1.54) is 12.1 Å². The van der Waals surface area contributed by atoms with Gasteiger partial charge in [-0.1, -0.05) is 57.2 Å². The van der Waals surface area contributed by atoms with E-state index in [0.29, 0.717) is 5.56 Å². The third-order valence-corrected chi connectivity index (χ3v) is 4.58. The first-order valence-corrected chi connectivity index (χ1v) is 9.20. The summed E-state index contributed by atoms with van der Waals surface area (Å²) >= 11 is 0. The fourth-order valence-corrected chi connectivity index (χ4v) is 2.84. The first-order valence-electron chi connectivity index (χ1n) is 9.20. The lowest BCUT2D eigenvalue weighted by Crippen LogP contribution is -2.46. The Hall–Kier alpha value is -2.83. The van der Waals surface area contributed by atoms with Crippen LogP contribution in [0.2, 0.25) is 0 Å². The number of nitrogens with two attached hydrogens (primary N) is 1. The maximum Gasteiger partial charge on any atom is 0.416 e. The molecular formula is C22H25F3N2O2. The van der Waals surface area contributed by atoms with Gasteiger partial charge in [0.1, 0.15) is 6.04 Å². The van der Waals surface area contributed by atoms with E-state index in [2.05, 4.69) is 26.1 Å². The zero-order chi connectivity index (χ0) is 21.8. The second kappa shape index (κ2) is 8.68. The predicted octanol–water partition coefficient (Wildman–Crippen LogP) is 3.76. The molecule has 2 amide bonds. The van der Waals surface area contributed by atoms with Crippen LogP contribution in [0.4, 0.5) is 13.2 Å². The van der Waals surface area contributed by atoms with Gasteiger partial charge in [-0.2, -0.15) is 13.2 Å². The molecule has 4 nitrogen and oxygen atoms in total. The zero-order valence-corrected chi connectivity index (χ0v) is 16.6. The summed E-state index contributed by atoms with van der Waals surface area (Å²) in [6.45, 7) is 6.28. The van der Waals surface area contributed by atoms with Crippen LogP contribution in [0.15, 0.2) is 48.5 Å². The number of primary amides is 1. The van der Waals surface area contributed by atoms with E-state index < -0.39 is 29.6 Å². The Morgan fingerprint density at radius 2 is 1.38 bits per heavy atom. The Kier molecular flexibility index (Phi) is 6.72. The van der Waals surface area contributed by atoms with E-state index in [-0.39, 0.29) is 18.3 Å². The number of carbonyl (C=O) groups is 2. The highest BCUT2D eigenvalue weighted by atomic mass is 19.4. The van der Waals surface area contributed by atoms with Crippen molar-refractivity contribution in [1.29, 1.82) is 0 Å². The number of amides is 2. The van der Waals surface area contributed by atoms with E-state index >= 15 is 0 Å². The number of benzene rings is 2. The third-order valence-electron chi connectivity index (χ3n) is 4.58. The number of halogens is 3.